The molecule has 0 spiro atoms. The van der Waals surface area contributed by atoms with Gasteiger partial charge in [0.05, 0.1) is 10.0 Å². The monoisotopic (exact) mass is 273 g/mol. The van der Waals surface area contributed by atoms with E-state index >= 15 is 0 Å². The molecule has 4 nitrogen and oxygen atoms in total. The fraction of sp³-hybridized carbons (Fsp3) is 0.364. The summed E-state index contributed by atoms with van der Waals surface area (Å²) in [6.07, 6.45) is 0. The third-order valence-electron chi connectivity index (χ3n) is 2.56. The molecule has 1 heterocycles. The molecule has 0 bridgehead atoms. The van der Waals surface area contributed by atoms with E-state index in [0.717, 1.165) is 12.2 Å². The number of hydrogen-bond donors (Lipinski definition) is 1. The van der Waals surface area contributed by atoms with Crippen molar-refractivity contribution in [1.29, 1.82) is 0 Å². The average molecular weight is 274 g/mol. The molecule has 1 atom stereocenters. The summed E-state index contributed by atoms with van der Waals surface area (Å²) >= 11 is 11.8. The van der Waals surface area contributed by atoms with Crippen LogP contribution in [0.25, 0.3) is 0 Å². The molecule has 2 rings (SSSR count). The maximum absolute atomic E-state index is 5.97. The van der Waals surface area contributed by atoms with Crippen LogP contribution in [0.15, 0.2) is 23.2 Å². The molecule has 1 unspecified atom stereocenters. The van der Waals surface area contributed by atoms with Crippen molar-refractivity contribution in [2.24, 2.45) is 10.7 Å². The van der Waals surface area contributed by atoms with E-state index in [0.29, 0.717) is 16.7 Å². The first-order chi connectivity index (χ1) is 8.06. The van der Waals surface area contributed by atoms with E-state index in [-0.39, 0.29) is 12.1 Å². The molecule has 0 radical (unpaired) electrons. The van der Waals surface area contributed by atoms with Gasteiger partial charge in [-0.1, -0.05) is 23.2 Å². The molecule has 0 saturated carbocycles. The van der Waals surface area contributed by atoms with Gasteiger partial charge in [0, 0.05) is 19.3 Å². The smallest absolute Gasteiger partial charge is 0.282 e. The van der Waals surface area contributed by atoms with Crippen molar-refractivity contribution in [3.8, 4) is 0 Å². The molecule has 1 aromatic carbocycles. The minimum atomic E-state index is 0.0643. The predicted molar refractivity (Wildman–Crippen MR) is 71.1 cm³/mol. The Balaban J connectivity index is 2.04. The first kappa shape index (κ1) is 12.3. The molecule has 0 amide bonds. The molecule has 0 aliphatic carbocycles. The first-order valence-corrected chi connectivity index (χ1v) is 5.94. The summed E-state index contributed by atoms with van der Waals surface area (Å²) in [6.45, 7) is 1.25. The van der Waals surface area contributed by atoms with Crippen LogP contribution in [0.5, 0.6) is 0 Å². The maximum atomic E-state index is 5.97. The summed E-state index contributed by atoms with van der Waals surface area (Å²) in [5.41, 5.74) is 6.44. The molecule has 17 heavy (non-hydrogen) atoms. The molecule has 0 saturated heterocycles. The van der Waals surface area contributed by atoms with Crippen molar-refractivity contribution in [3.05, 3.63) is 28.2 Å². The number of likely N-dealkylation sites (N-methyl/N-ethyl adjacent to an activating group) is 1. The Bertz CT molecular complexity index is 450. The lowest BCUT2D eigenvalue weighted by Gasteiger charge is -2.21. The van der Waals surface area contributed by atoms with Crippen LogP contribution in [0.2, 0.25) is 10.0 Å². The second-order valence-corrected chi connectivity index (χ2v) is 4.73. The Labute approximate surface area is 110 Å². The number of benzene rings is 1. The lowest BCUT2D eigenvalue weighted by atomic mass is 10.2. The summed E-state index contributed by atoms with van der Waals surface area (Å²) in [7, 11) is 1.96. The topological polar surface area (TPSA) is 50.9 Å². The molecule has 0 fully saturated rings. The largest absolute Gasteiger partial charge is 0.463 e. The number of ether oxygens (including phenoxy) is 1. The molecule has 92 valence electrons. The van der Waals surface area contributed by atoms with E-state index in [1.807, 2.05) is 24.1 Å². The highest BCUT2D eigenvalue weighted by molar-refractivity contribution is 6.42. The van der Waals surface area contributed by atoms with E-state index in [2.05, 4.69) is 4.99 Å². The summed E-state index contributed by atoms with van der Waals surface area (Å²) in [6, 6.07) is 5.84. The molecule has 6 heteroatoms. The maximum Gasteiger partial charge on any atom is 0.282 e. The van der Waals surface area contributed by atoms with E-state index in [1.165, 1.54) is 0 Å². The molecule has 1 aliphatic heterocycles. The molecule has 2 N–H and O–H groups in total. The Morgan fingerprint density at radius 2 is 2.24 bits per heavy atom. The lowest BCUT2D eigenvalue weighted by molar-refractivity contribution is 0.314. The normalized spacial score (nSPS) is 18.8. The number of aliphatic imine (C=N–C) groups is 1. The zero-order valence-electron chi connectivity index (χ0n) is 9.36. The van der Waals surface area contributed by atoms with Gasteiger partial charge in [0.25, 0.3) is 6.02 Å². The number of amidine groups is 1. The van der Waals surface area contributed by atoms with Crippen molar-refractivity contribution in [2.45, 2.75) is 6.04 Å². The van der Waals surface area contributed by atoms with Crippen LogP contribution in [0.3, 0.4) is 0 Å². The van der Waals surface area contributed by atoms with Crippen LogP contribution in [-0.4, -0.2) is 32.3 Å². The molecular weight excluding hydrogens is 261 g/mol. The van der Waals surface area contributed by atoms with Gasteiger partial charge in [-0.05, 0) is 18.2 Å². The second kappa shape index (κ2) is 5.02. The van der Waals surface area contributed by atoms with Gasteiger partial charge in [0.2, 0.25) is 0 Å². The number of halogens is 2. The highest BCUT2D eigenvalue weighted by atomic mass is 35.5. The number of rotatable bonds is 3. The molecule has 1 aromatic rings. The highest BCUT2D eigenvalue weighted by Gasteiger charge is 2.18. The lowest BCUT2D eigenvalue weighted by Crippen LogP contribution is -2.28. The molecule has 1 aliphatic rings. The van der Waals surface area contributed by atoms with Crippen LogP contribution in [0.1, 0.15) is 0 Å². The van der Waals surface area contributed by atoms with Crippen molar-refractivity contribution in [2.75, 3.05) is 25.1 Å². The van der Waals surface area contributed by atoms with Crippen LogP contribution < -0.4 is 10.6 Å². The van der Waals surface area contributed by atoms with Crippen molar-refractivity contribution < 1.29 is 4.74 Å². The van der Waals surface area contributed by atoms with Gasteiger partial charge in [-0.2, -0.15) is 0 Å². The summed E-state index contributed by atoms with van der Waals surface area (Å²) in [4.78, 5) is 6.21. The third kappa shape index (κ3) is 2.96. The van der Waals surface area contributed by atoms with E-state index in [9.17, 15) is 0 Å². The zero-order chi connectivity index (χ0) is 12.4. The summed E-state index contributed by atoms with van der Waals surface area (Å²) in [5.74, 6) is 0. The number of hydrogen-bond acceptors (Lipinski definition) is 4. The van der Waals surface area contributed by atoms with Gasteiger partial charge >= 0.3 is 0 Å². The Kier molecular flexibility index (Phi) is 3.64. The third-order valence-corrected chi connectivity index (χ3v) is 3.30. The van der Waals surface area contributed by atoms with Gasteiger partial charge < -0.3 is 15.4 Å². The van der Waals surface area contributed by atoms with Crippen LogP contribution in [0.4, 0.5) is 5.69 Å². The first-order valence-electron chi connectivity index (χ1n) is 5.18. The zero-order valence-corrected chi connectivity index (χ0v) is 10.9. The molecular formula is C11H13Cl2N3O. The van der Waals surface area contributed by atoms with Gasteiger partial charge in [0.15, 0.2) is 0 Å². The predicted octanol–water partition coefficient (Wildman–Crippen LogP) is 2.14. The number of nitrogens with two attached hydrogens (primary N) is 1. The Hall–Kier alpha value is -1.13. The highest BCUT2D eigenvalue weighted by Crippen LogP contribution is 2.26. The molecule has 0 aromatic heterocycles. The Morgan fingerprint density at radius 1 is 1.47 bits per heavy atom. The van der Waals surface area contributed by atoms with Crippen molar-refractivity contribution in [3.63, 3.8) is 0 Å². The SMILES string of the molecule is CN(CC1COC(N)=N1)c1ccc(Cl)c(Cl)c1. The standard InChI is InChI=1S/C11H13Cl2N3O/c1-16(5-7-6-17-11(14)15-7)8-2-3-9(12)10(13)4-8/h2-4,7H,5-6H2,1H3,(H2,14,15). The summed E-state index contributed by atoms with van der Waals surface area (Å²) < 4.78 is 5.10. The fourth-order valence-corrected chi connectivity index (χ4v) is 1.97. The quantitative estimate of drug-likeness (QED) is 0.918. The van der Waals surface area contributed by atoms with Crippen LogP contribution in [0, 0.1) is 0 Å². The number of nitrogens with zero attached hydrogens (tertiary/aromatic N) is 2. The van der Waals surface area contributed by atoms with Crippen LogP contribution >= 0.6 is 23.2 Å². The van der Waals surface area contributed by atoms with E-state index in [1.54, 1.807) is 6.07 Å². The van der Waals surface area contributed by atoms with Gasteiger partial charge in [-0.15, -0.1) is 0 Å². The van der Waals surface area contributed by atoms with Gasteiger partial charge in [0.1, 0.15) is 12.6 Å². The van der Waals surface area contributed by atoms with Gasteiger partial charge in [-0.25, -0.2) is 4.99 Å². The fourth-order valence-electron chi connectivity index (χ4n) is 1.67. The van der Waals surface area contributed by atoms with Crippen molar-refractivity contribution in [1.82, 2.24) is 0 Å². The Morgan fingerprint density at radius 3 is 2.82 bits per heavy atom. The second-order valence-electron chi connectivity index (χ2n) is 3.91. The van der Waals surface area contributed by atoms with E-state index < -0.39 is 0 Å². The van der Waals surface area contributed by atoms with Gasteiger partial charge in [-0.3, -0.25) is 0 Å². The van der Waals surface area contributed by atoms with E-state index in [4.69, 9.17) is 33.7 Å². The number of anilines is 1. The van der Waals surface area contributed by atoms with Crippen molar-refractivity contribution >= 4 is 34.9 Å². The summed E-state index contributed by atoms with van der Waals surface area (Å²) in [5, 5.41) is 1.09. The minimum absolute atomic E-state index is 0.0643. The van der Waals surface area contributed by atoms with Crippen LogP contribution in [-0.2, 0) is 4.74 Å². The average Bonchev–Trinajstić information content (AvgIpc) is 2.68. The minimum Gasteiger partial charge on any atom is -0.463 e.